The molecule has 0 aliphatic carbocycles. The van der Waals surface area contributed by atoms with Crippen LogP contribution in [0.15, 0.2) is 36.4 Å². The minimum absolute atomic E-state index is 0.0853. The van der Waals surface area contributed by atoms with Gasteiger partial charge in [0.2, 0.25) is 5.91 Å². The molecular formula is C15H12N4O5. The number of nitrogens with one attached hydrogen (secondary N) is 2. The number of nitro benzene ring substituents is 1. The maximum Gasteiger partial charge on any atom is 0.273 e. The Morgan fingerprint density at radius 2 is 2.12 bits per heavy atom. The highest BCUT2D eigenvalue weighted by molar-refractivity contribution is 5.95. The number of para-hydroxylation sites is 1. The van der Waals surface area contributed by atoms with Crippen molar-refractivity contribution in [2.45, 2.75) is 6.42 Å². The van der Waals surface area contributed by atoms with Crippen molar-refractivity contribution in [2.24, 2.45) is 0 Å². The molecule has 1 aromatic heterocycles. The zero-order chi connectivity index (χ0) is 17.1. The number of pyridine rings is 1. The number of aromatic nitrogens is 1. The van der Waals surface area contributed by atoms with E-state index in [0.717, 1.165) is 0 Å². The maximum atomic E-state index is 12.1. The zero-order valence-corrected chi connectivity index (χ0v) is 12.3. The van der Waals surface area contributed by atoms with E-state index in [1.165, 1.54) is 24.3 Å². The Kier molecular flexibility index (Phi) is 4.06. The van der Waals surface area contributed by atoms with Gasteiger partial charge in [0.05, 0.1) is 11.3 Å². The monoisotopic (exact) mass is 328 g/mol. The average Bonchev–Trinajstić information content (AvgIpc) is 2.54. The molecule has 24 heavy (non-hydrogen) atoms. The van der Waals surface area contributed by atoms with Gasteiger partial charge in [-0.15, -0.1) is 0 Å². The molecule has 2 N–H and O–H groups in total. The van der Waals surface area contributed by atoms with Gasteiger partial charge in [-0.05, 0) is 12.1 Å². The molecule has 1 aliphatic heterocycles. The van der Waals surface area contributed by atoms with Crippen molar-refractivity contribution in [2.75, 3.05) is 17.2 Å². The molecule has 0 bridgehead atoms. The Morgan fingerprint density at radius 1 is 1.33 bits per heavy atom. The molecule has 1 aromatic carbocycles. The number of carbonyl (C=O) groups is 2. The van der Waals surface area contributed by atoms with Gasteiger partial charge in [-0.1, -0.05) is 18.2 Å². The van der Waals surface area contributed by atoms with Crippen LogP contribution in [0.3, 0.4) is 0 Å². The van der Waals surface area contributed by atoms with Crippen LogP contribution >= 0.6 is 0 Å². The van der Waals surface area contributed by atoms with Crippen molar-refractivity contribution in [3.8, 4) is 5.75 Å². The molecular weight excluding hydrogens is 316 g/mol. The molecule has 122 valence electrons. The summed E-state index contributed by atoms with van der Waals surface area (Å²) in [5.41, 5.74) is 0.182. The Labute approximate surface area is 135 Å². The van der Waals surface area contributed by atoms with Gasteiger partial charge in [0.25, 0.3) is 11.6 Å². The van der Waals surface area contributed by atoms with E-state index in [4.69, 9.17) is 4.74 Å². The number of amides is 2. The van der Waals surface area contributed by atoms with Gasteiger partial charge in [0.15, 0.2) is 18.2 Å². The molecule has 0 atom stereocenters. The lowest BCUT2D eigenvalue weighted by Crippen LogP contribution is -2.26. The van der Waals surface area contributed by atoms with Crippen molar-refractivity contribution in [1.82, 2.24) is 4.98 Å². The van der Waals surface area contributed by atoms with Crippen molar-refractivity contribution >= 4 is 29.1 Å². The number of ether oxygens (including phenoxy) is 1. The summed E-state index contributed by atoms with van der Waals surface area (Å²) in [5, 5.41) is 16.0. The molecule has 2 aromatic rings. The van der Waals surface area contributed by atoms with Crippen molar-refractivity contribution < 1.29 is 19.2 Å². The number of fused-ring (bicyclic) bond motifs is 1. The third-order valence-electron chi connectivity index (χ3n) is 3.28. The van der Waals surface area contributed by atoms with Crippen LogP contribution in [0.5, 0.6) is 5.75 Å². The van der Waals surface area contributed by atoms with Crippen LogP contribution < -0.4 is 15.4 Å². The van der Waals surface area contributed by atoms with E-state index in [0.29, 0.717) is 11.3 Å². The summed E-state index contributed by atoms with van der Waals surface area (Å²) >= 11 is 0. The lowest BCUT2D eigenvalue weighted by atomic mass is 10.1. The van der Waals surface area contributed by atoms with Gasteiger partial charge in [-0.3, -0.25) is 19.7 Å². The van der Waals surface area contributed by atoms with Gasteiger partial charge in [0.1, 0.15) is 5.82 Å². The van der Waals surface area contributed by atoms with E-state index in [9.17, 15) is 19.7 Å². The Bertz CT molecular complexity index is 836. The second kappa shape index (κ2) is 6.32. The summed E-state index contributed by atoms with van der Waals surface area (Å²) in [4.78, 5) is 37.9. The lowest BCUT2D eigenvalue weighted by Gasteiger charge is -2.17. The van der Waals surface area contributed by atoms with E-state index < -0.39 is 10.8 Å². The van der Waals surface area contributed by atoms with Gasteiger partial charge < -0.3 is 15.4 Å². The predicted octanol–water partition coefficient (Wildman–Crippen LogP) is 1.50. The number of carbonyl (C=O) groups excluding carboxylic acids is 2. The number of rotatable bonds is 4. The average molecular weight is 328 g/mol. The second-order valence-corrected chi connectivity index (χ2v) is 4.99. The van der Waals surface area contributed by atoms with Crippen LogP contribution in [0, 0.1) is 10.1 Å². The first-order chi connectivity index (χ1) is 11.5. The molecule has 0 saturated carbocycles. The molecule has 2 heterocycles. The summed E-state index contributed by atoms with van der Waals surface area (Å²) in [6.45, 7) is -0.0853. The van der Waals surface area contributed by atoms with Gasteiger partial charge in [-0.2, -0.15) is 0 Å². The molecule has 2 amide bonds. The molecule has 9 nitrogen and oxygen atoms in total. The zero-order valence-electron chi connectivity index (χ0n) is 12.3. The molecule has 1 aliphatic rings. The fraction of sp³-hybridized carbons (Fsp3) is 0.133. The van der Waals surface area contributed by atoms with Crippen molar-refractivity contribution in [1.29, 1.82) is 0 Å². The van der Waals surface area contributed by atoms with Crippen LogP contribution in [0.25, 0.3) is 0 Å². The highest BCUT2D eigenvalue weighted by Crippen LogP contribution is 2.27. The quantitative estimate of drug-likeness (QED) is 0.647. The van der Waals surface area contributed by atoms with Crippen LogP contribution in [0.1, 0.15) is 5.56 Å². The standard InChI is InChI=1S/C15H12N4O5/c20-13(7-9-3-1-2-4-10(9)19(22)23)16-12-6-5-11-15(17-12)18-14(21)8-24-11/h1-6H,7-8H2,(H2,16,17,18,20,21). The van der Waals surface area contributed by atoms with E-state index in [-0.39, 0.29) is 36.3 Å². The first kappa shape index (κ1) is 15.4. The third kappa shape index (κ3) is 3.29. The molecule has 0 saturated heterocycles. The Balaban J connectivity index is 1.73. The molecule has 3 rings (SSSR count). The summed E-state index contributed by atoms with van der Waals surface area (Å²) in [5.74, 6) is 0.0439. The normalized spacial score (nSPS) is 12.6. The Morgan fingerprint density at radius 3 is 2.92 bits per heavy atom. The first-order valence-electron chi connectivity index (χ1n) is 6.99. The number of anilines is 2. The highest BCUT2D eigenvalue weighted by atomic mass is 16.6. The highest BCUT2D eigenvalue weighted by Gasteiger charge is 2.19. The summed E-state index contributed by atoms with van der Waals surface area (Å²) < 4.78 is 5.17. The van der Waals surface area contributed by atoms with E-state index in [1.54, 1.807) is 12.1 Å². The van der Waals surface area contributed by atoms with Crippen LogP contribution in [-0.2, 0) is 16.0 Å². The number of nitrogens with zero attached hydrogens (tertiary/aromatic N) is 2. The fourth-order valence-corrected chi connectivity index (χ4v) is 2.23. The summed E-state index contributed by atoms with van der Waals surface area (Å²) in [7, 11) is 0. The molecule has 0 fully saturated rings. The molecule has 9 heteroatoms. The lowest BCUT2D eigenvalue weighted by molar-refractivity contribution is -0.385. The topological polar surface area (TPSA) is 123 Å². The molecule has 0 unspecified atom stereocenters. The van der Waals surface area contributed by atoms with Crippen LogP contribution in [0.4, 0.5) is 17.3 Å². The van der Waals surface area contributed by atoms with E-state index in [1.807, 2.05) is 0 Å². The molecule has 0 spiro atoms. The summed E-state index contributed by atoms with van der Waals surface area (Å²) in [6.07, 6.45) is -0.168. The van der Waals surface area contributed by atoms with Crippen molar-refractivity contribution in [3.05, 3.63) is 52.1 Å². The third-order valence-corrected chi connectivity index (χ3v) is 3.28. The Hall–Kier alpha value is -3.49. The minimum Gasteiger partial charge on any atom is -0.480 e. The van der Waals surface area contributed by atoms with E-state index >= 15 is 0 Å². The summed E-state index contributed by atoms with van der Waals surface area (Å²) in [6, 6.07) is 9.11. The first-order valence-corrected chi connectivity index (χ1v) is 6.99. The number of nitro groups is 1. The largest absolute Gasteiger partial charge is 0.480 e. The number of hydrogen-bond acceptors (Lipinski definition) is 6. The fourth-order valence-electron chi connectivity index (χ4n) is 2.23. The molecule has 0 radical (unpaired) electrons. The van der Waals surface area contributed by atoms with Gasteiger partial charge in [0, 0.05) is 11.6 Å². The number of hydrogen-bond donors (Lipinski definition) is 2. The van der Waals surface area contributed by atoms with Crippen LogP contribution in [-0.4, -0.2) is 28.3 Å². The van der Waals surface area contributed by atoms with Gasteiger partial charge in [-0.25, -0.2) is 4.98 Å². The predicted molar refractivity (Wildman–Crippen MR) is 83.8 cm³/mol. The van der Waals surface area contributed by atoms with Gasteiger partial charge >= 0.3 is 0 Å². The smallest absolute Gasteiger partial charge is 0.273 e. The SMILES string of the molecule is O=C(Cc1ccccc1[N+](=O)[O-])Nc1ccc2c(n1)NC(=O)CO2. The minimum atomic E-state index is -0.535. The second-order valence-electron chi connectivity index (χ2n) is 4.99. The van der Waals surface area contributed by atoms with Crippen molar-refractivity contribution in [3.63, 3.8) is 0 Å². The maximum absolute atomic E-state index is 12.1. The van der Waals surface area contributed by atoms with Crippen LogP contribution in [0.2, 0.25) is 0 Å². The number of benzene rings is 1. The van der Waals surface area contributed by atoms with E-state index in [2.05, 4.69) is 15.6 Å².